The number of rotatable bonds is 4. The van der Waals surface area contributed by atoms with E-state index in [9.17, 15) is 4.79 Å². The number of hydrogen-bond acceptors (Lipinski definition) is 2. The highest BCUT2D eigenvalue weighted by atomic mass is 16.1. The highest BCUT2D eigenvalue weighted by Gasteiger charge is 2.20. The van der Waals surface area contributed by atoms with Crippen molar-refractivity contribution in [3.63, 3.8) is 0 Å². The highest BCUT2D eigenvalue weighted by molar-refractivity contribution is 5.82. The van der Waals surface area contributed by atoms with Crippen LogP contribution in [0, 0.1) is 20.8 Å². The standard InChI is InChI=1S/C24H29N3O/c1-16-11-12-27-21(15-23(28)25-20-7-5-4-6-8-20)24(26-22(27)13-16)19-10-9-17(2)18(3)14-19/h9-14,20H,4-8,15H2,1-3H3,(H,25,28). The minimum Gasteiger partial charge on any atom is -0.353 e. The molecule has 0 saturated heterocycles. The van der Waals surface area contributed by atoms with Gasteiger partial charge in [-0.25, -0.2) is 4.98 Å². The van der Waals surface area contributed by atoms with Gasteiger partial charge in [-0.05, 0) is 68.5 Å². The fourth-order valence-electron chi connectivity index (χ4n) is 4.16. The molecule has 2 aromatic heterocycles. The van der Waals surface area contributed by atoms with Gasteiger partial charge < -0.3 is 9.72 Å². The molecule has 28 heavy (non-hydrogen) atoms. The molecule has 4 heteroatoms. The summed E-state index contributed by atoms with van der Waals surface area (Å²) in [4.78, 5) is 17.7. The molecule has 0 spiro atoms. The van der Waals surface area contributed by atoms with E-state index in [4.69, 9.17) is 4.98 Å². The molecule has 4 nitrogen and oxygen atoms in total. The number of carbonyl (C=O) groups excluding carboxylic acids is 1. The Hall–Kier alpha value is -2.62. The zero-order valence-corrected chi connectivity index (χ0v) is 17.1. The third-order valence-corrected chi connectivity index (χ3v) is 5.96. The van der Waals surface area contributed by atoms with Crippen molar-refractivity contribution in [1.82, 2.24) is 14.7 Å². The molecule has 146 valence electrons. The second-order valence-corrected chi connectivity index (χ2v) is 8.22. The van der Waals surface area contributed by atoms with Crippen LogP contribution in [0.4, 0.5) is 0 Å². The second-order valence-electron chi connectivity index (χ2n) is 8.22. The summed E-state index contributed by atoms with van der Waals surface area (Å²) in [7, 11) is 0. The SMILES string of the molecule is Cc1ccn2c(CC(=O)NC3CCCCC3)c(-c3ccc(C)c(C)c3)nc2c1. The minimum atomic E-state index is 0.0966. The molecular weight excluding hydrogens is 346 g/mol. The van der Waals surface area contributed by atoms with E-state index in [0.29, 0.717) is 12.5 Å². The van der Waals surface area contributed by atoms with Gasteiger partial charge in [-0.1, -0.05) is 31.4 Å². The molecular formula is C24H29N3O. The monoisotopic (exact) mass is 375 g/mol. The summed E-state index contributed by atoms with van der Waals surface area (Å²) in [5, 5.41) is 3.25. The lowest BCUT2D eigenvalue weighted by molar-refractivity contribution is -0.121. The number of carbonyl (C=O) groups is 1. The van der Waals surface area contributed by atoms with Crippen LogP contribution in [0.15, 0.2) is 36.5 Å². The molecule has 1 aliphatic rings. The predicted octanol–water partition coefficient (Wildman–Crippen LogP) is 4.92. The Morgan fingerprint density at radius 1 is 1.07 bits per heavy atom. The van der Waals surface area contributed by atoms with Crippen molar-refractivity contribution in [2.24, 2.45) is 0 Å². The van der Waals surface area contributed by atoms with Gasteiger partial charge in [0.2, 0.25) is 5.91 Å². The second kappa shape index (κ2) is 7.78. The quantitative estimate of drug-likeness (QED) is 0.704. The van der Waals surface area contributed by atoms with E-state index in [0.717, 1.165) is 35.4 Å². The fraction of sp³-hybridized carbons (Fsp3) is 0.417. The summed E-state index contributed by atoms with van der Waals surface area (Å²) in [5.41, 5.74) is 7.52. The molecule has 1 aliphatic carbocycles. The van der Waals surface area contributed by atoms with E-state index in [-0.39, 0.29) is 5.91 Å². The minimum absolute atomic E-state index is 0.0966. The summed E-state index contributed by atoms with van der Waals surface area (Å²) in [6, 6.07) is 10.9. The van der Waals surface area contributed by atoms with Gasteiger partial charge in [-0.15, -0.1) is 0 Å². The van der Waals surface area contributed by atoms with Crippen LogP contribution < -0.4 is 5.32 Å². The average Bonchev–Trinajstić information content (AvgIpc) is 3.02. The van der Waals surface area contributed by atoms with Gasteiger partial charge >= 0.3 is 0 Å². The number of fused-ring (bicyclic) bond motifs is 1. The third kappa shape index (κ3) is 3.82. The summed E-state index contributed by atoms with van der Waals surface area (Å²) < 4.78 is 2.07. The van der Waals surface area contributed by atoms with Crippen LogP contribution in [0.25, 0.3) is 16.9 Å². The molecule has 1 amide bonds. The maximum atomic E-state index is 12.8. The van der Waals surface area contributed by atoms with Crippen LogP contribution in [0.2, 0.25) is 0 Å². The average molecular weight is 376 g/mol. The lowest BCUT2D eigenvalue weighted by Crippen LogP contribution is -2.37. The van der Waals surface area contributed by atoms with Crippen LogP contribution in [0.1, 0.15) is 54.5 Å². The molecule has 0 unspecified atom stereocenters. The van der Waals surface area contributed by atoms with E-state index in [1.807, 2.05) is 6.20 Å². The predicted molar refractivity (Wildman–Crippen MR) is 114 cm³/mol. The van der Waals surface area contributed by atoms with Gasteiger partial charge in [0.15, 0.2) is 0 Å². The van der Waals surface area contributed by atoms with E-state index < -0.39 is 0 Å². The molecule has 0 bridgehead atoms. The molecule has 0 atom stereocenters. The van der Waals surface area contributed by atoms with Crippen LogP contribution >= 0.6 is 0 Å². The molecule has 0 radical (unpaired) electrons. The van der Waals surface area contributed by atoms with Gasteiger partial charge in [-0.3, -0.25) is 4.79 Å². The molecule has 0 aliphatic heterocycles. The molecule has 2 heterocycles. The first kappa shape index (κ1) is 18.7. The zero-order chi connectivity index (χ0) is 19.7. The van der Waals surface area contributed by atoms with Crippen molar-refractivity contribution in [2.45, 2.75) is 65.3 Å². The zero-order valence-electron chi connectivity index (χ0n) is 17.1. The molecule has 1 aromatic carbocycles. The summed E-state index contributed by atoms with van der Waals surface area (Å²) in [5.74, 6) is 0.0966. The van der Waals surface area contributed by atoms with Crippen molar-refractivity contribution < 1.29 is 4.79 Å². The van der Waals surface area contributed by atoms with Gasteiger partial charge in [0, 0.05) is 17.8 Å². The smallest absolute Gasteiger partial charge is 0.226 e. The summed E-state index contributed by atoms with van der Waals surface area (Å²) in [6.07, 6.45) is 8.30. The number of benzene rings is 1. The van der Waals surface area contributed by atoms with Gasteiger partial charge in [-0.2, -0.15) is 0 Å². The molecule has 3 aromatic rings. The van der Waals surface area contributed by atoms with Crippen molar-refractivity contribution in [1.29, 1.82) is 0 Å². The van der Waals surface area contributed by atoms with Crippen molar-refractivity contribution >= 4 is 11.6 Å². The molecule has 1 fully saturated rings. The van der Waals surface area contributed by atoms with E-state index in [1.54, 1.807) is 0 Å². The number of aromatic nitrogens is 2. The number of imidazole rings is 1. The van der Waals surface area contributed by atoms with E-state index in [2.05, 4.69) is 60.8 Å². The Morgan fingerprint density at radius 2 is 1.86 bits per heavy atom. The van der Waals surface area contributed by atoms with Crippen LogP contribution in [0.3, 0.4) is 0 Å². The number of amides is 1. The fourth-order valence-corrected chi connectivity index (χ4v) is 4.16. The lowest BCUT2D eigenvalue weighted by Gasteiger charge is -2.22. The topological polar surface area (TPSA) is 46.4 Å². The Labute approximate surface area is 167 Å². The largest absolute Gasteiger partial charge is 0.353 e. The highest BCUT2D eigenvalue weighted by Crippen LogP contribution is 2.27. The maximum Gasteiger partial charge on any atom is 0.226 e. The van der Waals surface area contributed by atoms with Crippen molar-refractivity contribution in [3.8, 4) is 11.3 Å². The third-order valence-electron chi connectivity index (χ3n) is 5.96. The van der Waals surface area contributed by atoms with E-state index in [1.165, 1.54) is 36.0 Å². The van der Waals surface area contributed by atoms with Crippen LogP contribution in [0.5, 0.6) is 0 Å². The molecule has 4 rings (SSSR count). The maximum absolute atomic E-state index is 12.8. The number of nitrogens with one attached hydrogen (secondary N) is 1. The van der Waals surface area contributed by atoms with Crippen LogP contribution in [-0.4, -0.2) is 21.3 Å². The first-order chi connectivity index (χ1) is 13.5. The number of hydrogen-bond donors (Lipinski definition) is 1. The van der Waals surface area contributed by atoms with Gasteiger partial charge in [0.1, 0.15) is 5.65 Å². The first-order valence-corrected chi connectivity index (χ1v) is 10.4. The number of aryl methyl sites for hydroxylation is 3. The number of nitrogens with zero attached hydrogens (tertiary/aromatic N) is 2. The Kier molecular flexibility index (Phi) is 5.21. The van der Waals surface area contributed by atoms with Crippen LogP contribution in [-0.2, 0) is 11.2 Å². The van der Waals surface area contributed by atoms with E-state index >= 15 is 0 Å². The van der Waals surface area contributed by atoms with Crippen molar-refractivity contribution in [3.05, 3.63) is 58.9 Å². The normalized spacial score (nSPS) is 15.1. The Bertz CT molecular complexity index is 1010. The van der Waals surface area contributed by atoms with Crippen molar-refractivity contribution in [2.75, 3.05) is 0 Å². The summed E-state index contributed by atoms with van der Waals surface area (Å²) >= 11 is 0. The molecule has 1 N–H and O–H groups in total. The van der Waals surface area contributed by atoms with Gasteiger partial charge in [0.05, 0.1) is 17.8 Å². The Balaban J connectivity index is 1.70. The Morgan fingerprint density at radius 3 is 2.61 bits per heavy atom. The first-order valence-electron chi connectivity index (χ1n) is 10.4. The number of pyridine rings is 1. The lowest BCUT2D eigenvalue weighted by atomic mass is 9.95. The summed E-state index contributed by atoms with van der Waals surface area (Å²) in [6.45, 7) is 6.30. The molecule has 1 saturated carbocycles. The van der Waals surface area contributed by atoms with Gasteiger partial charge in [0.25, 0.3) is 0 Å².